The van der Waals surface area contributed by atoms with E-state index in [0.29, 0.717) is 13.1 Å². The Morgan fingerprint density at radius 1 is 1.00 bits per heavy atom. The van der Waals surface area contributed by atoms with Gasteiger partial charge in [-0.2, -0.15) is 0 Å². The minimum atomic E-state index is 0.657. The van der Waals surface area contributed by atoms with E-state index in [-0.39, 0.29) is 0 Å². The van der Waals surface area contributed by atoms with Gasteiger partial charge in [0.05, 0.1) is 28.6 Å². The van der Waals surface area contributed by atoms with Crippen LogP contribution in [0.1, 0.15) is 11.4 Å². The highest BCUT2D eigenvalue weighted by Gasteiger charge is 2.00. The SMILES string of the molecule is c1ccc2nc(CNCc3ccon3)cnc2c1. The summed E-state index contributed by atoms with van der Waals surface area (Å²) in [6.45, 7) is 1.32. The van der Waals surface area contributed by atoms with Crippen molar-refractivity contribution in [2.45, 2.75) is 13.1 Å². The van der Waals surface area contributed by atoms with Gasteiger partial charge in [-0.05, 0) is 12.1 Å². The van der Waals surface area contributed by atoms with Gasteiger partial charge in [-0.25, -0.2) is 4.98 Å². The van der Waals surface area contributed by atoms with E-state index >= 15 is 0 Å². The van der Waals surface area contributed by atoms with E-state index in [1.165, 1.54) is 0 Å². The molecule has 0 fully saturated rings. The Bertz CT molecular complexity index is 636. The van der Waals surface area contributed by atoms with Crippen LogP contribution in [0.15, 0.2) is 47.3 Å². The fraction of sp³-hybridized carbons (Fsp3) is 0.154. The first-order valence-electron chi connectivity index (χ1n) is 5.72. The number of hydrogen-bond acceptors (Lipinski definition) is 5. The standard InChI is InChI=1S/C13H12N4O/c1-2-4-13-12(3-1)15-9-11(16-13)8-14-7-10-5-6-18-17-10/h1-6,9,14H,7-8H2. The predicted octanol–water partition coefficient (Wildman–Crippen LogP) is 1.91. The third-order valence-corrected chi connectivity index (χ3v) is 2.60. The normalized spacial score (nSPS) is 10.9. The molecule has 3 aromatic rings. The van der Waals surface area contributed by atoms with Crippen LogP contribution in [-0.2, 0) is 13.1 Å². The summed E-state index contributed by atoms with van der Waals surface area (Å²) >= 11 is 0. The molecule has 3 rings (SSSR count). The molecule has 0 spiro atoms. The second-order valence-electron chi connectivity index (χ2n) is 3.94. The Hall–Kier alpha value is -2.27. The summed E-state index contributed by atoms with van der Waals surface area (Å²) in [6.07, 6.45) is 3.35. The smallest absolute Gasteiger partial charge is 0.124 e. The van der Waals surface area contributed by atoms with Gasteiger partial charge in [0.2, 0.25) is 0 Å². The van der Waals surface area contributed by atoms with Gasteiger partial charge in [0.25, 0.3) is 0 Å². The molecule has 0 aliphatic heterocycles. The zero-order valence-electron chi connectivity index (χ0n) is 9.71. The zero-order valence-corrected chi connectivity index (χ0v) is 9.71. The van der Waals surface area contributed by atoms with Crippen molar-refractivity contribution >= 4 is 11.0 Å². The average molecular weight is 240 g/mol. The van der Waals surface area contributed by atoms with Crippen LogP contribution < -0.4 is 5.32 Å². The molecule has 0 atom stereocenters. The number of benzene rings is 1. The van der Waals surface area contributed by atoms with Crippen LogP contribution in [0.5, 0.6) is 0 Å². The average Bonchev–Trinajstić information content (AvgIpc) is 2.92. The van der Waals surface area contributed by atoms with E-state index in [2.05, 4.69) is 20.4 Å². The number of para-hydroxylation sites is 2. The lowest BCUT2D eigenvalue weighted by Crippen LogP contribution is -2.14. The van der Waals surface area contributed by atoms with Crippen molar-refractivity contribution in [2.24, 2.45) is 0 Å². The first kappa shape index (κ1) is 10.9. The molecule has 0 radical (unpaired) electrons. The molecule has 0 unspecified atom stereocenters. The highest BCUT2D eigenvalue weighted by Crippen LogP contribution is 2.08. The van der Waals surface area contributed by atoms with Crippen LogP contribution in [0.25, 0.3) is 11.0 Å². The molecular formula is C13H12N4O. The molecular weight excluding hydrogens is 228 g/mol. The van der Waals surface area contributed by atoms with Crippen molar-refractivity contribution in [1.82, 2.24) is 20.4 Å². The maximum atomic E-state index is 4.76. The lowest BCUT2D eigenvalue weighted by atomic mass is 10.3. The van der Waals surface area contributed by atoms with Gasteiger partial charge < -0.3 is 9.84 Å². The first-order chi connectivity index (χ1) is 8.92. The van der Waals surface area contributed by atoms with E-state index in [9.17, 15) is 0 Å². The van der Waals surface area contributed by atoms with E-state index in [0.717, 1.165) is 22.4 Å². The van der Waals surface area contributed by atoms with E-state index < -0.39 is 0 Å². The summed E-state index contributed by atoms with van der Waals surface area (Å²) in [5.74, 6) is 0. The van der Waals surface area contributed by atoms with Gasteiger partial charge >= 0.3 is 0 Å². The molecule has 0 bridgehead atoms. The van der Waals surface area contributed by atoms with Gasteiger partial charge in [0, 0.05) is 19.2 Å². The van der Waals surface area contributed by atoms with E-state index in [4.69, 9.17) is 4.52 Å². The molecule has 90 valence electrons. The summed E-state index contributed by atoms with van der Waals surface area (Å²) < 4.78 is 4.76. The molecule has 18 heavy (non-hydrogen) atoms. The largest absolute Gasteiger partial charge is 0.364 e. The van der Waals surface area contributed by atoms with Gasteiger partial charge in [0.15, 0.2) is 0 Å². The molecule has 1 N–H and O–H groups in total. The topological polar surface area (TPSA) is 63.8 Å². The predicted molar refractivity (Wildman–Crippen MR) is 66.6 cm³/mol. The number of rotatable bonds is 4. The fourth-order valence-electron chi connectivity index (χ4n) is 1.73. The highest BCUT2D eigenvalue weighted by molar-refractivity contribution is 5.73. The minimum absolute atomic E-state index is 0.657. The van der Waals surface area contributed by atoms with Crippen LogP contribution in [0.2, 0.25) is 0 Å². The molecule has 0 aliphatic carbocycles. The molecule has 2 heterocycles. The minimum Gasteiger partial charge on any atom is -0.364 e. The quantitative estimate of drug-likeness (QED) is 0.754. The highest BCUT2D eigenvalue weighted by atomic mass is 16.5. The number of hydrogen-bond donors (Lipinski definition) is 1. The van der Waals surface area contributed by atoms with Gasteiger partial charge in [-0.3, -0.25) is 4.98 Å². The van der Waals surface area contributed by atoms with Crippen LogP contribution in [0.4, 0.5) is 0 Å². The van der Waals surface area contributed by atoms with Gasteiger partial charge in [-0.15, -0.1) is 0 Å². The maximum Gasteiger partial charge on any atom is 0.124 e. The van der Waals surface area contributed by atoms with Crippen LogP contribution >= 0.6 is 0 Å². The molecule has 2 aromatic heterocycles. The molecule has 5 nitrogen and oxygen atoms in total. The Labute approximate surface area is 104 Å². The van der Waals surface area contributed by atoms with Crippen molar-refractivity contribution in [3.63, 3.8) is 0 Å². The summed E-state index contributed by atoms with van der Waals surface area (Å²) in [6, 6.07) is 9.67. The Morgan fingerprint density at radius 3 is 2.67 bits per heavy atom. The zero-order chi connectivity index (χ0) is 12.2. The van der Waals surface area contributed by atoms with Crippen molar-refractivity contribution in [3.8, 4) is 0 Å². The third-order valence-electron chi connectivity index (χ3n) is 2.60. The summed E-state index contributed by atoms with van der Waals surface area (Å²) in [5.41, 5.74) is 3.62. The molecule has 0 aliphatic rings. The summed E-state index contributed by atoms with van der Waals surface area (Å²) in [7, 11) is 0. The molecule has 0 saturated heterocycles. The lowest BCUT2D eigenvalue weighted by Gasteiger charge is -2.03. The summed E-state index contributed by atoms with van der Waals surface area (Å²) in [5, 5.41) is 7.07. The monoisotopic (exact) mass is 240 g/mol. The van der Waals surface area contributed by atoms with Crippen molar-refractivity contribution in [3.05, 3.63) is 54.2 Å². The van der Waals surface area contributed by atoms with Crippen LogP contribution in [-0.4, -0.2) is 15.1 Å². The summed E-state index contributed by atoms with van der Waals surface area (Å²) in [4.78, 5) is 8.89. The lowest BCUT2D eigenvalue weighted by molar-refractivity contribution is 0.408. The fourth-order valence-corrected chi connectivity index (χ4v) is 1.73. The Balaban J connectivity index is 1.67. The second-order valence-corrected chi connectivity index (χ2v) is 3.94. The third kappa shape index (κ3) is 2.36. The molecule has 1 aromatic carbocycles. The first-order valence-corrected chi connectivity index (χ1v) is 5.72. The van der Waals surface area contributed by atoms with E-state index in [1.807, 2.05) is 30.3 Å². The molecule has 0 saturated carbocycles. The van der Waals surface area contributed by atoms with Crippen LogP contribution in [0.3, 0.4) is 0 Å². The number of nitrogens with zero attached hydrogens (tertiary/aromatic N) is 3. The second kappa shape index (κ2) is 4.93. The van der Waals surface area contributed by atoms with Crippen LogP contribution in [0, 0.1) is 0 Å². The number of fused-ring (bicyclic) bond motifs is 1. The van der Waals surface area contributed by atoms with Crippen molar-refractivity contribution < 1.29 is 4.52 Å². The Kier molecular flexibility index (Phi) is 2.97. The Morgan fingerprint density at radius 2 is 1.83 bits per heavy atom. The van der Waals surface area contributed by atoms with Gasteiger partial charge in [-0.1, -0.05) is 17.3 Å². The number of nitrogens with one attached hydrogen (secondary N) is 1. The number of aromatic nitrogens is 3. The van der Waals surface area contributed by atoms with Crippen molar-refractivity contribution in [1.29, 1.82) is 0 Å². The van der Waals surface area contributed by atoms with Gasteiger partial charge in [0.1, 0.15) is 6.26 Å². The maximum absolute atomic E-state index is 4.76. The van der Waals surface area contributed by atoms with E-state index in [1.54, 1.807) is 12.5 Å². The van der Waals surface area contributed by atoms with Crippen molar-refractivity contribution in [2.75, 3.05) is 0 Å². The molecule has 5 heteroatoms. The molecule has 0 amide bonds.